The maximum atomic E-state index is 7.59. The van der Waals surface area contributed by atoms with E-state index in [-0.39, 0.29) is 12.6 Å². The zero-order valence-electron chi connectivity index (χ0n) is 44.5. The van der Waals surface area contributed by atoms with Gasteiger partial charge in [-0.05, 0) is 160 Å². The summed E-state index contributed by atoms with van der Waals surface area (Å²) in [4.78, 5) is 9.68. The Morgan fingerprint density at radius 1 is 0.329 bits per heavy atom. The van der Waals surface area contributed by atoms with E-state index in [9.17, 15) is 0 Å². The van der Waals surface area contributed by atoms with Crippen LogP contribution in [0.2, 0.25) is 0 Å². The highest BCUT2D eigenvalue weighted by Crippen LogP contribution is 2.63. The fourth-order valence-corrected chi connectivity index (χ4v) is 13.6. The van der Waals surface area contributed by atoms with Crippen LogP contribution >= 0.6 is 0 Å². The van der Waals surface area contributed by atoms with Gasteiger partial charge in [-0.3, -0.25) is 0 Å². The molecule has 4 heterocycles. The van der Waals surface area contributed by atoms with Crippen molar-refractivity contribution in [2.75, 3.05) is 19.6 Å². The highest BCUT2D eigenvalue weighted by atomic mass is 16.5. The van der Waals surface area contributed by atoms with Gasteiger partial charge in [0.1, 0.15) is 23.0 Å². The van der Waals surface area contributed by atoms with Gasteiger partial charge in [0, 0.05) is 79.3 Å². The van der Waals surface area contributed by atoms with Gasteiger partial charge >= 0.3 is 0 Å². The lowest BCUT2D eigenvalue weighted by molar-refractivity contribution is 0.468. The maximum absolute atomic E-state index is 7.59. The van der Waals surface area contributed by atoms with E-state index in [1.54, 1.807) is 0 Å². The monoisotopic (exact) mass is 1050 g/mol. The van der Waals surface area contributed by atoms with Crippen LogP contribution in [0.4, 0.5) is 68.2 Å². The van der Waals surface area contributed by atoms with E-state index < -0.39 is 0 Å². The first kappa shape index (κ1) is 46.2. The Morgan fingerprint density at radius 3 is 1.45 bits per heavy atom. The fraction of sp³-hybridized carbons (Fsp3) is 0.0133. The van der Waals surface area contributed by atoms with E-state index in [4.69, 9.17) is 9.47 Å². The first-order valence-corrected chi connectivity index (χ1v) is 28.1. The summed E-state index contributed by atoms with van der Waals surface area (Å²) < 4.78 is 14.6. The molecule has 6 nitrogen and oxygen atoms in total. The smallest absolute Gasteiger partial charge is 0.260 e. The first-order chi connectivity index (χ1) is 40.7. The lowest BCUT2D eigenvalue weighted by Crippen LogP contribution is -2.57. The van der Waals surface area contributed by atoms with Crippen LogP contribution in [0.1, 0.15) is 22.6 Å². The molecule has 0 spiro atoms. The molecule has 0 saturated heterocycles. The van der Waals surface area contributed by atoms with Crippen LogP contribution < -0.4 is 45.5 Å². The minimum atomic E-state index is -0.170. The molecule has 0 aromatic heterocycles. The summed E-state index contributed by atoms with van der Waals surface area (Å²) in [6.07, 6.45) is 0. The molecule has 0 amide bonds. The van der Waals surface area contributed by atoms with Gasteiger partial charge in [0.25, 0.3) is 6.71 Å². The molecule has 0 saturated carbocycles. The van der Waals surface area contributed by atoms with E-state index in [1.165, 1.54) is 16.7 Å². The van der Waals surface area contributed by atoms with Gasteiger partial charge in [0.05, 0.1) is 22.7 Å². The van der Waals surface area contributed by atoms with E-state index in [0.717, 1.165) is 129 Å². The van der Waals surface area contributed by atoms with Crippen molar-refractivity contribution in [3.05, 3.63) is 308 Å². The Kier molecular flexibility index (Phi) is 10.4. The van der Waals surface area contributed by atoms with Gasteiger partial charge in [-0.2, -0.15) is 0 Å². The molecule has 4 aliphatic heterocycles. The van der Waals surface area contributed by atoms with Crippen LogP contribution in [-0.2, 0) is 0 Å². The largest absolute Gasteiger partial charge is 0.458 e. The molecule has 13 aromatic carbocycles. The summed E-state index contributed by atoms with van der Waals surface area (Å²) in [5, 5.41) is 4.34. The van der Waals surface area contributed by atoms with Crippen LogP contribution in [0.25, 0.3) is 21.5 Å². The lowest BCUT2D eigenvalue weighted by Gasteiger charge is -2.46. The molecule has 1 unspecified atom stereocenters. The molecule has 7 heteroatoms. The third kappa shape index (κ3) is 7.09. The van der Waals surface area contributed by atoms with Gasteiger partial charge in [0.15, 0.2) is 0 Å². The van der Waals surface area contributed by atoms with Gasteiger partial charge in [-0.25, -0.2) is 0 Å². The third-order valence-electron chi connectivity index (χ3n) is 17.0. The van der Waals surface area contributed by atoms with E-state index >= 15 is 0 Å². The molecule has 0 N–H and O–H groups in total. The lowest BCUT2D eigenvalue weighted by atomic mass is 9.34. The first-order valence-electron chi connectivity index (χ1n) is 28.1. The van der Waals surface area contributed by atoms with Crippen LogP contribution in [0.15, 0.2) is 291 Å². The van der Waals surface area contributed by atoms with E-state index in [0.29, 0.717) is 0 Å². The van der Waals surface area contributed by atoms with Gasteiger partial charge in [0.2, 0.25) is 0 Å². The summed E-state index contributed by atoms with van der Waals surface area (Å²) in [6, 6.07) is 105. The van der Waals surface area contributed by atoms with Crippen LogP contribution in [0.3, 0.4) is 0 Å². The van der Waals surface area contributed by atoms with Crippen molar-refractivity contribution in [1.29, 1.82) is 0 Å². The number of rotatable bonds is 8. The van der Waals surface area contributed by atoms with Crippen LogP contribution in [0, 0.1) is 0 Å². The molecule has 17 rings (SSSR count). The zero-order valence-corrected chi connectivity index (χ0v) is 44.5. The third-order valence-corrected chi connectivity index (χ3v) is 17.0. The number of anilines is 12. The van der Waals surface area contributed by atoms with E-state index in [1.807, 2.05) is 0 Å². The molecule has 0 bridgehead atoms. The summed E-state index contributed by atoms with van der Waals surface area (Å²) in [6.45, 7) is -0.170. The maximum Gasteiger partial charge on any atom is 0.260 e. The summed E-state index contributed by atoms with van der Waals surface area (Å²) in [5.41, 5.74) is 20.2. The van der Waals surface area contributed by atoms with Gasteiger partial charge in [-0.1, -0.05) is 158 Å². The highest BCUT2D eigenvalue weighted by Gasteiger charge is 2.46. The molecule has 1 atom stereocenters. The summed E-state index contributed by atoms with van der Waals surface area (Å²) in [5.74, 6) is 3.17. The van der Waals surface area contributed by atoms with Crippen LogP contribution in [-0.4, -0.2) is 6.71 Å². The molecule has 384 valence electrons. The average molecular weight is 1050 g/mol. The molecule has 4 aliphatic rings. The summed E-state index contributed by atoms with van der Waals surface area (Å²) >= 11 is 0. The fourth-order valence-electron chi connectivity index (χ4n) is 13.6. The minimum Gasteiger partial charge on any atom is -0.458 e. The van der Waals surface area contributed by atoms with Crippen molar-refractivity contribution in [1.82, 2.24) is 0 Å². The Morgan fingerprint density at radius 2 is 0.841 bits per heavy atom. The Labute approximate surface area is 476 Å². The topological polar surface area (TPSA) is 31.4 Å². The molecular formula is C75H49BN4O2. The molecule has 0 aliphatic carbocycles. The number of fused-ring (bicyclic) bond motifs is 12. The Hall–Kier alpha value is -10.8. The second kappa shape index (κ2) is 18.4. The molecular weight excluding hydrogens is 1000 g/mol. The Balaban J connectivity index is 0.920. The molecule has 0 radical (unpaired) electrons. The van der Waals surface area contributed by atoms with E-state index in [2.05, 4.69) is 311 Å². The molecule has 13 aromatic rings. The highest BCUT2D eigenvalue weighted by molar-refractivity contribution is 6.98. The van der Waals surface area contributed by atoms with Crippen molar-refractivity contribution >= 4 is 113 Å². The zero-order chi connectivity index (χ0) is 53.8. The van der Waals surface area contributed by atoms with Crippen molar-refractivity contribution in [2.24, 2.45) is 0 Å². The number of hydrogen-bond donors (Lipinski definition) is 0. The van der Waals surface area contributed by atoms with Gasteiger partial charge in [-0.15, -0.1) is 0 Å². The van der Waals surface area contributed by atoms with Crippen molar-refractivity contribution in [3.8, 4) is 23.0 Å². The second-order valence-electron chi connectivity index (χ2n) is 21.6. The number of hydrogen-bond acceptors (Lipinski definition) is 6. The average Bonchev–Trinajstić information content (AvgIpc) is 1.10. The second-order valence-corrected chi connectivity index (χ2v) is 21.6. The van der Waals surface area contributed by atoms with Crippen LogP contribution in [0.5, 0.6) is 23.0 Å². The Bertz CT molecular complexity index is 4580. The van der Waals surface area contributed by atoms with Gasteiger partial charge < -0.3 is 29.1 Å². The number of benzene rings is 13. The molecule has 0 fully saturated rings. The SMILES string of the molecule is c1ccc(N(c2ccccc2)c2ccc3c4c5c(cc3c2)Oc2ccccc2B5c2cc3c(cc2O4)N(c2ccccc2)c2c4c(cc5cc(N(c6ccccc6)c6ccccc6)ccc25)N(c2ccccc2)c2ccccc2C34)cc1. The number of para-hydroxylation sites is 8. The van der Waals surface area contributed by atoms with Crippen molar-refractivity contribution < 1.29 is 9.47 Å². The number of nitrogens with zero attached hydrogens (tertiary/aromatic N) is 4. The molecule has 82 heavy (non-hydrogen) atoms. The standard InChI is InChI=1S/C75H49BN4O2/c1-7-23-51(24-8-1)77(52-25-9-2-10-26-52)57-39-41-59-49(43-57)45-67-72-71(61-35-19-21-37-65(61)79(67)55-31-15-5-16-32-55)62-47-64-69(48-66(62)80(74(59)72)56-33-17-6-18-34-56)82-75-60-42-40-58(78(53-27-11-3-12-28-53)54-29-13-4-14-30-54)44-50(60)46-70-73(75)76(64)63-36-20-22-38-68(63)81-70/h1-48,71H. The minimum absolute atomic E-state index is 0.140. The predicted octanol–water partition coefficient (Wildman–Crippen LogP) is 18.4. The number of ether oxygens (including phenoxy) is 2. The van der Waals surface area contributed by atoms with Crippen molar-refractivity contribution in [3.63, 3.8) is 0 Å². The normalized spacial score (nSPS) is 13.9. The predicted molar refractivity (Wildman–Crippen MR) is 339 cm³/mol. The quantitative estimate of drug-likeness (QED) is 0.141. The summed E-state index contributed by atoms with van der Waals surface area (Å²) in [7, 11) is 0. The van der Waals surface area contributed by atoms with Crippen molar-refractivity contribution in [2.45, 2.75) is 5.92 Å².